The van der Waals surface area contributed by atoms with Crippen molar-refractivity contribution in [3.63, 3.8) is 0 Å². The number of unbranched alkanes of at least 4 members (excludes halogenated alkanes) is 2. The van der Waals surface area contributed by atoms with Crippen LogP contribution < -0.4 is 4.74 Å². The molecule has 2 rings (SSSR count). The standard InChI is InChI=1S/C23H35NO/c1-3-5-7-19-8-12-21(13-9-19)22(18-24)17-20-10-14-23(15-11-20)25-16-6-4-2/h10-11,14-15,19,21-22H,3-9,12-13,16-17H2,1-2H3/t19-,21-,22?. The van der Waals surface area contributed by atoms with Crippen LogP contribution in [0.25, 0.3) is 0 Å². The molecular formula is C23H35NO. The molecule has 2 nitrogen and oxygen atoms in total. The van der Waals surface area contributed by atoms with Crippen molar-refractivity contribution in [2.45, 2.75) is 78.1 Å². The molecule has 0 heterocycles. The second-order valence-corrected chi connectivity index (χ2v) is 7.71. The van der Waals surface area contributed by atoms with Crippen LogP contribution in [0.3, 0.4) is 0 Å². The summed E-state index contributed by atoms with van der Waals surface area (Å²) in [6, 6.07) is 11.0. The Morgan fingerprint density at radius 3 is 2.32 bits per heavy atom. The summed E-state index contributed by atoms with van der Waals surface area (Å²) in [5.74, 6) is 2.61. The minimum Gasteiger partial charge on any atom is -0.494 e. The average Bonchev–Trinajstić information content (AvgIpc) is 2.66. The van der Waals surface area contributed by atoms with Crippen molar-refractivity contribution in [3.8, 4) is 11.8 Å². The second kappa shape index (κ2) is 11.2. The van der Waals surface area contributed by atoms with Gasteiger partial charge in [-0.05, 0) is 55.2 Å². The van der Waals surface area contributed by atoms with Crippen molar-refractivity contribution >= 4 is 0 Å². The van der Waals surface area contributed by atoms with Crippen molar-refractivity contribution in [1.29, 1.82) is 5.26 Å². The number of nitrogens with zero attached hydrogens (tertiary/aromatic N) is 1. The third-order valence-electron chi connectivity index (χ3n) is 5.74. The second-order valence-electron chi connectivity index (χ2n) is 7.71. The first-order valence-electron chi connectivity index (χ1n) is 10.4. The van der Waals surface area contributed by atoms with Crippen molar-refractivity contribution in [2.75, 3.05) is 6.61 Å². The maximum absolute atomic E-state index is 9.67. The zero-order valence-corrected chi connectivity index (χ0v) is 16.2. The molecule has 0 N–H and O–H groups in total. The highest BCUT2D eigenvalue weighted by atomic mass is 16.5. The predicted octanol–water partition coefficient (Wildman–Crippen LogP) is 6.54. The molecule has 0 amide bonds. The van der Waals surface area contributed by atoms with E-state index in [-0.39, 0.29) is 5.92 Å². The molecule has 138 valence electrons. The highest BCUT2D eigenvalue weighted by Crippen LogP contribution is 2.36. The van der Waals surface area contributed by atoms with Crippen LogP contribution >= 0.6 is 0 Å². The third-order valence-corrected chi connectivity index (χ3v) is 5.74. The quantitative estimate of drug-likeness (QED) is 0.452. The number of ether oxygens (including phenoxy) is 1. The maximum atomic E-state index is 9.67. The van der Waals surface area contributed by atoms with E-state index in [1.165, 1.54) is 50.5 Å². The summed E-state index contributed by atoms with van der Waals surface area (Å²) in [5.41, 5.74) is 1.27. The third kappa shape index (κ3) is 6.73. The van der Waals surface area contributed by atoms with Crippen molar-refractivity contribution < 1.29 is 4.74 Å². The molecule has 0 spiro atoms. The molecule has 0 radical (unpaired) electrons. The van der Waals surface area contributed by atoms with Gasteiger partial charge in [-0.1, -0.05) is 64.5 Å². The highest BCUT2D eigenvalue weighted by molar-refractivity contribution is 5.28. The molecule has 25 heavy (non-hydrogen) atoms. The smallest absolute Gasteiger partial charge is 0.119 e. The van der Waals surface area contributed by atoms with Gasteiger partial charge in [0.25, 0.3) is 0 Å². The van der Waals surface area contributed by atoms with Crippen LogP contribution in [-0.4, -0.2) is 6.61 Å². The van der Waals surface area contributed by atoms with Gasteiger partial charge in [-0.2, -0.15) is 5.26 Å². The summed E-state index contributed by atoms with van der Waals surface area (Å²) < 4.78 is 5.73. The summed E-state index contributed by atoms with van der Waals surface area (Å²) in [5, 5.41) is 9.67. The summed E-state index contributed by atoms with van der Waals surface area (Å²) in [4.78, 5) is 0. The molecule has 1 saturated carbocycles. The van der Waals surface area contributed by atoms with Gasteiger partial charge in [0.05, 0.1) is 18.6 Å². The molecule has 0 aliphatic heterocycles. The lowest BCUT2D eigenvalue weighted by Crippen LogP contribution is -2.22. The summed E-state index contributed by atoms with van der Waals surface area (Å²) in [6.45, 7) is 5.24. The number of nitriles is 1. The molecule has 0 bridgehead atoms. The first-order valence-corrected chi connectivity index (χ1v) is 10.4. The summed E-state index contributed by atoms with van der Waals surface area (Å²) >= 11 is 0. The normalized spacial score (nSPS) is 21.5. The van der Waals surface area contributed by atoms with Crippen LogP contribution in [0.1, 0.15) is 77.2 Å². The topological polar surface area (TPSA) is 33.0 Å². The zero-order valence-electron chi connectivity index (χ0n) is 16.2. The molecule has 1 aliphatic carbocycles. The zero-order chi connectivity index (χ0) is 17.9. The maximum Gasteiger partial charge on any atom is 0.119 e. The van der Waals surface area contributed by atoms with E-state index in [0.29, 0.717) is 5.92 Å². The van der Waals surface area contributed by atoms with E-state index in [2.05, 4.69) is 44.2 Å². The van der Waals surface area contributed by atoms with E-state index in [4.69, 9.17) is 4.74 Å². The molecule has 1 fully saturated rings. The molecule has 1 unspecified atom stereocenters. The van der Waals surface area contributed by atoms with Crippen LogP contribution in [-0.2, 0) is 6.42 Å². The van der Waals surface area contributed by atoms with Crippen molar-refractivity contribution in [1.82, 2.24) is 0 Å². The fourth-order valence-corrected chi connectivity index (χ4v) is 4.00. The van der Waals surface area contributed by atoms with Gasteiger partial charge in [-0.3, -0.25) is 0 Å². The molecular weight excluding hydrogens is 306 g/mol. The molecule has 1 atom stereocenters. The fourth-order valence-electron chi connectivity index (χ4n) is 4.00. The Labute approximate surface area is 154 Å². The van der Waals surface area contributed by atoms with E-state index in [0.717, 1.165) is 37.5 Å². The molecule has 2 heteroatoms. The monoisotopic (exact) mass is 341 g/mol. The number of hydrogen-bond acceptors (Lipinski definition) is 2. The van der Waals surface area contributed by atoms with Crippen LogP contribution in [0.4, 0.5) is 0 Å². The van der Waals surface area contributed by atoms with Gasteiger partial charge in [0, 0.05) is 0 Å². The molecule has 1 aromatic rings. The van der Waals surface area contributed by atoms with Gasteiger partial charge < -0.3 is 4.74 Å². The lowest BCUT2D eigenvalue weighted by Gasteiger charge is -2.31. The van der Waals surface area contributed by atoms with E-state index < -0.39 is 0 Å². The molecule has 1 aromatic carbocycles. The lowest BCUT2D eigenvalue weighted by atomic mass is 9.73. The van der Waals surface area contributed by atoms with E-state index >= 15 is 0 Å². The van der Waals surface area contributed by atoms with Crippen LogP contribution in [0.5, 0.6) is 5.75 Å². The SMILES string of the molecule is CCCCOc1ccc(CC(C#N)[C@H]2CC[C@H](CCCC)CC2)cc1. The van der Waals surface area contributed by atoms with Crippen LogP contribution in [0.2, 0.25) is 0 Å². The van der Waals surface area contributed by atoms with Gasteiger partial charge in [-0.25, -0.2) is 0 Å². The summed E-state index contributed by atoms with van der Waals surface area (Å²) in [6.07, 6.45) is 12.3. The Morgan fingerprint density at radius 1 is 1.04 bits per heavy atom. The molecule has 0 aromatic heterocycles. The van der Waals surface area contributed by atoms with Gasteiger partial charge in [0.2, 0.25) is 0 Å². The van der Waals surface area contributed by atoms with E-state index in [1.807, 2.05) is 0 Å². The Kier molecular flexibility index (Phi) is 8.87. The Hall–Kier alpha value is -1.49. The largest absolute Gasteiger partial charge is 0.494 e. The lowest BCUT2D eigenvalue weighted by molar-refractivity contribution is 0.221. The van der Waals surface area contributed by atoms with E-state index in [9.17, 15) is 5.26 Å². The predicted molar refractivity (Wildman–Crippen MR) is 105 cm³/mol. The first kappa shape index (κ1) is 19.8. The van der Waals surface area contributed by atoms with Crippen molar-refractivity contribution in [3.05, 3.63) is 29.8 Å². The Balaban J connectivity index is 1.81. The van der Waals surface area contributed by atoms with Gasteiger partial charge in [0.15, 0.2) is 0 Å². The molecule has 1 aliphatic rings. The highest BCUT2D eigenvalue weighted by Gasteiger charge is 2.27. The first-order chi connectivity index (χ1) is 12.3. The van der Waals surface area contributed by atoms with Crippen molar-refractivity contribution in [2.24, 2.45) is 17.8 Å². The van der Waals surface area contributed by atoms with Gasteiger partial charge in [0.1, 0.15) is 5.75 Å². The van der Waals surface area contributed by atoms with E-state index in [1.54, 1.807) is 0 Å². The van der Waals surface area contributed by atoms with Gasteiger partial charge in [-0.15, -0.1) is 0 Å². The fraction of sp³-hybridized carbons (Fsp3) is 0.696. The summed E-state index contributed by atoms with van der Waals surface area (Å²) in [7, 11) is 0. The Morgan fingerprint density at radius 2 is 1.72 bits per heavy atom. The Bertz CT molecular complexity index is 508. The van der Waals surface area contributed by atoms with Crippen LogP contribution in [0, 0.1) is 29.1 Å². The minimum absolute atomic E-state index is 0.166. The number of rotatable bonds is 10. The van der Waals surface area contributed by atoms with Gasteiger partial charge >= 0.3 is 0 Å². The average molecular weight is 342 g/mol. The number of hydrogen-bond donors (Lipinski definition) is 0. The molecule has 0 saturated heterocycles. The number of benzene rings is 1. The minimum atomic E-state index is 0.166. The van der Waals surface area contributed by atoms with Crippen LogP contribution in [0.15, 0.2) is 24.3 Å².